The molecule has 0 bridgehead atoms. The molecule has 2 aromatic carbocycles. The van der Waals surface area contributed by atoms with Crippen LogP contribution in [0.3, 0.4) is 0 Å². The molecule has 0 spiro atoms. The van der Waals surface area contributed by atoms with Crippen molar-refractivity contribution in [3.63, 3.8) is 0 Å². The van der Waals surface area contributed by atoms with Gasteiger partial charge in [-0.15, -0.1) is 0 Å². The first kappa shape index (κ1) is 19.1. The van der Waals surface area contributed by atoms with Gasteiger partial charge < -0.3 is 15.4 Å². The number of aryl methyl sites for hydroxylation is 1. The predicted molar refractivity (Wildman–Crippen MR) is 108 cm³/mol. The second kappa shape index (κ2) is 8.81. The molecule has 2 N–H and O–H groups in total. The van der Waals surface area contributed by atoms with Crippen LogP contribution >= 0.6 is 0 Å². The van der Waals surface area contributed by atoms with Crippen molar-refractivity contribution in [1.82, 2.24) is 10.3 Å². The second-order valence-corrected chi connectivity index (χ2v) is 6.28. The summed E-state index contributed by atoms with van der Waals surface area (Å²) in [6, 6.07) is 17.9. The summed E-state index contributed by atoms with van der Waals surface area (Å²) in [6.07, 6.45) is 1.45. The number of pyridine rings is 1. The van der Waals surface area contributed by atoms with Gasteiger partial charge in [0.1, 0.15) is 11.4 Å². The van der Waals surface area contributed by atoms with Crippen molar-refractivity contribution in [3.8, 4) is 5.75 Å². The SMILES string of the molecule is COc1ccc(NC(=O)c2cc(C(=O)NCc3ccc(C)cc3)ccn2)cc1. The van der Waals surface area contributed by atoms with E-state index < -0.39 is 5.91 Å². The number of carbonyl (C=O) groups is 2. The van der Waals surface area contributed by atoms with Gasteiger partial charge in [-0.2, -0.15) is 0 Å². The molecule has 142 valence electrons. The molecule has 28 heavy (non-hydrogen) atoms. The van der Waals surface area contributed by atoms with Gasteiger partial charge in [-0.05, 0) is 48.9 Å². The normalized spacial score (nSPS) is 10.2. The summed E-state index contributed by atoms with van der Waals surface area (Å²) in [4.78, 5) is 28.9. The number of nitrogens with one attached hydrogen (secondary N) is 2. The van der Waals surface area contributed by atoms with Gasteiger partial charge in [0.05, 0.1) is 7.11 Å². The molecule has 2 amide bonds. The fourth-order valence-electron chi connectivity index (χ4n) is 2.56. The summed E-state index contributed by atoms with van der Waals surface area (Å²) in [5.41, 5.74) is 3.32. The maximum absolute atomic E-state index is 12.4. The first-order chi connectivity index (χ1) is 13.5. The lowest BCUT2D eigenvalue weighted by Gasteiger charge is -2.08. The monoisotopic (exact) mass is 375 g/mol. The Labute approximate surface area is 163 Å². The fourth-order valence-corrected chi connectivity index (χ4v) is 2.56. The number of hydrogen-bond acceptors (Lipinski definition) is 4. The molecule has 1 aromatic heterocycles. The van der Waals surface area contributed by atoms with Crippen molar-refractivity contribution in [2.75, 3.05) is 12.4 Å². The molecule has 0 saturated carbocycles. The summed E-state index contributed by atoms with van der Waals surface area (Å²) in [5.74, 6) is 0.0446. The van der Waals surface area contributed by atoms with Crippen LogP contribution in [0.2, 0.25) is 0 Å². The zero-order valence-electron chi connectivity index (χ0n) is 15.7. The van der Waals surface area contributed by atoms with E-state index in [9.17, 15) is 9.59 Å². The Kier molecular flexibility index (Phi) is 6.01. The van der Waals surface area contributed by atoms with Gasteiger partial charge in [0, 0.05) is 24.0 Å². The molecule has 6 heteroatoms. The van der Waals surface area contributed by atoms with E-state index in [4.69, 9.17) is 4.74 Å². The topological polar surface area (TPSA) is 80.3 Å². The molecule has 0 atom stereocenters. The first-order valence-electron chi connectivity index (χ1n) is 8.80. The Hall–Kier alpha value is -3.67. The zero-order valence-corrected chi connectivity index (χ0v) is 15.7. The summed E-state index contributed by atoms with van der Waals surface area (Å²) in [7, 11) is 1.58. The van der Waals surface area contributed by atoms with E-state index in [2.05, 4.69) is 15.6 Å². The number of methoxy groups -OCH3 is 1. The number of rotatable bonds is 6. The average Bonchev–Trinajstić information content (AvgIpc) is 2.73. The predicted octanol–water partition coefficient (Wildman–Crippen LogP) is 3.58. The molecule has 3 rings (SSSR count). The van der Waals surface area contributed by atoms with Gasteiger partial charge in [0.2, 0.25) is 0 Å². The molecule has 0 aliphatic rings. The largest absolute Gasteiger partial charge is 0.497 e. The number of carbonyl (C=O) groups excluding carboxylic acids is 2. The summed E-state index contributed by atoms with van der Waals surface area (Å²) < 4.78 is 5.09. The van der Waals surface area contributed by atoms with Gasteiger partial charge in [-0.25, -0.2) is 0 Å². The van der Waals surface area contributed by atoms with Crippen LogP contribution in [-0.2, 0) is 6.54 Å². The molecule has 0 unspecified atom stereocenters. The molecule has 1 heterocycles. The smallest absolute Gasteiger partial charge is 0.274 e. The number of anilines is 1. The Morgan fingerprint density at radius 2 is 1.68 bits per heavy atom. The van der Waals surface area contributed by atoms with Crippen molar-refractivity contribution in [1.29, 1.82) is 0 Å². The van der Waals surface area contributed by atoms with Crippen molar-refractivity contribution < 1.29 is 14.3 Å². The van der Waals surface area contributed by atoms with Gasteiger partial charge in [-0.3, -0.25) is 14.6 Å². The summed E-state index contributed by atoms with van der Waals surface area (Å²) in [5, 5.41) is 5.60. The van der Waals surface area contributed by atoms with Gasteiger partial charge in [0.25, 0.3) is 11.8 Å². The highest BCUT2D eigenvalue weighted by Gasteiger charge is 2.12. The van der Waals surface area contributed by atoms with E-state index >= 15 is 0 Å². The summed E-state index contributed by atoms with van der Waals surface area (Å²) >= 11 is 0. The lowest BCUT2D eigenvalue weighted by Crippen LogP contribution is -2.23. The van der Waals surface area contributed by atoms with Crippen molar-refractivity contribution >= 4 is 17.5 Å². The van der Waals surface area contributed by atoms with Crippen molar-refractivity contribution in [2.45, 2.75) is 13.5 Å². The van der Waals surface area contributed by atoms with E-state index in [1.807, 2.05) is 31.2 Å². The number of hydrogen-bond donors (Lipinski definition) is 2. The molecule has 0 fully saturated rings. The van der Waals surface area contributed by atoms with Crippen molar-refractivity contribution in [2.24, 2.45) is 0 Å². The number of ether oxygens (including phenoxy) is 1. The molecule has 0 aliphatic heterocycles. The molecular formula is C22H21N3O3. The Morgan fingerprint density at radius 1 is 0.964 bits per heavy atom. The molecule has 3 aromatic rings. The number of aromatic nitrogens is 1. The van der Waals surface area contributed by atoms with Crippen LogP contribution in [0.4, 0.5) is 5.69 Å². The molecule has 6 nitrogen and oxygen atoms in total. The average molecular weight is 375 g/mol. The minimum absolute atomic E-state index is 0.166. The van der Waals surface area contributed by atoms with E-state index in [-0.39, 0.29) is 11.6 Å². The molecule has 0 aliphatic carbocycles. The van der Waals surface area contributed by atoms with Crippen LogP contribution < -0.4 is 15.4 Å². The molecule has 0 radical (unpaired) electrons. The third-order valence-electron chi connectivity index (χ3n) is 4.18. The number of benzene rings is 2. The highest BCUT2D eigenvalue weighted by atomic mass is 16.5. The minimum atomic E-state index is -0.390. The Balaban J connectivity index is 1.64. The van der Waals surface area contributed by atoms with Gasteiger partial charge in [0.15, 0.2) is 0 Å². The third-order valence-corrected chi connectivity index (χ3v) is 4.18. The highest BCUT2D eigenvalue weighted by molar-refractivity contribution is 6.04. The van der Waals surface area contributed by atoms with Crippen LogP contribution in [0.25, 0.3) is 0 Å². The fraction of sp³-hybridized carbons (Fsp3) is 0.136. The van der Waals surface area contributed by atoms with Gasteiger partial charge >= 0.3 is 0 Å². The number of nitrogens with zero attached hydrogens (tertiary/aromatic N) is 1. The lowest BCUT2D eigenvalue weighted by atomic mass is 10.1. The van der Waals surface area contributed by atoms with Crippen LogP contribution in [0.15, 0.2) is 66.9 Å². The lowest BCUT2D eigenvalue weighted by molar-refractivity contribution is 0.0951. The Morgan fingerprint density at radius 3 is 2.36 bits per heavy atom. The van der Waals surface area contributed by atoms with Gasteiger partial charge in [-0.1, -0.05) is 29.8 Å². The second-order valence-electron chi connectivity index (χ2n) is 6.28. The maximum atomic E-state index is 12.4. The Bertz CT molecular complexity index is 967. The highest BCUT2D eigenvalue weighted by Crippen LogP contribution is 2.16. The van der Waals surface area contributed by atoms with E-state index in [0.29, 0.717) is 23.5 Å². The van der Waals surface area contributed by atoms with Crippen LogP contribution in [0.5, 0.6) is 5.75 Å². The standard InChI is InChI=1S/C22H21N3O3/c1-15-3-5-16(6-4-15)14-24-21(26)17-11-12-23-20(13-17)22(27)25-18-7-9-19(28-2)10-8-18/h3-13H,14H2,1-2H3,(H,24,26)(H,25,27). The van der Waals surface area contributed by atoms with E-state index in [1.165, 1.54) is 12.3 Å². The third kappa shape index (κ3) is 4.94. The summed E-state index contributed by atoms with van der Waals surface area (Å²) in [6.45, 7) is 2.42. The van der Waals surface area contributed by atoms with Crippen LogP contribution in [0, 0.1) is 6.92 Å². The van der Waals surface area contributed by atoms with Crippen LogP contribution in [-0.4, -0.2) is 23.9 Å². The van der Waals surface area contributed by atoms with Crippen molar-refractivity contribution in [3.05, 3.63) is 89.2 Å². The zero-order chi connectivity index (χ0) is 19.9. The maximum Gasteiger partial charge on any atom is 0.274 e. The number of amides is 2. The quantitative estimate of drug-likeness (QED) is 0.690. The van der Waals surface area contributed by atoms with Crippen LogP contribution in [0.1, 0.15) is 32.0 Å². The minimum Gasteiger partial charge on any atom is -0.497 e. The molecular weight excluding hydrogens is 354 g/mol. The van der Waals surface area contributed by atoms with E-state index in [1.54, 1.807) is 37.4 Å². The first-order valence-corrected chi connectivity index (χ1v) is 8.80. The van der Waals surface area contributed by atoms with E-state index in [0.717, 1.165) is 11.1 Å². The molecule has 0 saturated heterocycles.